The minimum Gasteiger partial charge on any atom is -0.544 e. The molecule has 0 fully saturated rings. The van der Waals surface area contributed by atoms with E-state index < -0.39 is 11.5 Å². The van der Waals surface area contributed by atoms with Gasteiger partial charge in [-0.25, -0.2) is 0 Å². The van der Waals surface area contributed by atoms with Crippen LogP contribution in [0.4, 0.5) is 0 Å². The highest BCUT2D eigenvalue weighted by atomic mass is 16.4. The fourth-order valence-corrected chi connectivity index (χ4v) is 0.642. The molecule has 0 unspecified atom stereocenters. The SMILES string of the molecule is CC[N+](C)(C)C(C)(C)C(=O)[O-]. The Morgan fingerprint density at radius 2 is 1.82 bits per heavy atom. The van der Waals surface area contributed by atoms with Crippen LogP contribution < -0.4 is 5.11 Å². The highest BCUT2D eigenvalue weighted by molar-refractivity contribution is 5.73. The van der Waals surface area contributed by atoms with E-state index in [0.717, 1.165) is 6.54 Å². The Labute approximate surface area is 68.2 Å². The molecule has 0 aromatic rings. The lowest BCUT2D eigenvalue weighted by Gasteiger charge is -2.44. The number of nitrogens with zero attached hydrogens (tertiary/aromatic N) is 1. The van der Waals surface area contributed by atoms with E-state index in [1.807, 2.05) is 21.0 Å². The van der Waals surface area contributed by atoms with E-state index in [-0.39, 0.29) is 0 Å². The van der Waals surface area contributed by atoms with Crippen molar-refractivity contribution in [2.75, 3.05) is 20.6 Å². The van der Waals surface area contributed by atoms with Crippen molar-refractivity contribution in [3.63, 3.8) is 0 Å². The molecule has 0 aliphatic heterocycles. The lowest BCUT2D eigenvalue weighted by molar-refractivity contribution is -0.928. The van der Waals surface area contributed by atoms with E-state index in [2.05, 4.69) is 0 Å². The number of quaternary nitrogens is 1. The Bertz CT molecular complexity index is 161. The molecule has 0 rings (SSSR count). The molecule has 11 heavy (non-hydrogen) atoms. The molecule has 0 heterocycles. The Balaban J connectivity index is 4.67. The molecule has 0 radical (unpaired) electrons. The van der Waals surface area contributed by atoms with Gasteiger partial charge in [0.15, 0.2) is 0 Å². The van der Waals surface area contributed by atoms with Gasteiger partial charge in [0.1, 0.15) is 11.5 Å². The first kappa shape index (κ1) is 10.4. The molecular weight excluding hydrogens is 142 g/mol. The molecule has 0 spiro atoms. The van der Waals surface area contributed by atoms with Crippen LogP contribution in [-0.4, -0.2) is 36.6 Å². The topological polar surface area (TPSA) is 40.1 Å². The van der Waals surface area contributed by atoms with Gasteiger partial charge in [-0.05, 0) is 20.8 Å². The van der Waals surface area contributed by atoms with Gasteiger partial charge in [0.2, 0.25) is 0 Å². The number of carbonyl (C=O) groups excluding carboxylic acids is 1. The van der Waals surface area contributed by atoms with Crippen molar-refractivity contribution in [3.8, 4) is 0 Å². The van der Waals surface area contributed by atoms with Crippen molar-refractivity contribution in [3.05, 3.63) is 0 Å². The highest BCUT2D eigenvalue weighted by Crippen LogP contribution is 2.18. The number of rotatable bonds is 3. The smallest absolute Gasteiger partial charge is 0.133 e. The van der Waals surface area contributed by atoms with E-state index in [1.54, 1.807) is 13.8 Å². The number of hydrogen-bond acceptors (Lipinski definition) is 2. The molecule has 0 atom stereocenters. The van der Waals surface area contributed by atoms with Crippen molar-refractivity contribution in [2.24, 2.45) is 0 Å². The molecule has 66 valence electrons. The lowest BCUT2D eigenvalue weighted by Crippen LogP contribution is -2.64. The first-order valence-corrected chi connectivity index (χ1v) is 3.80. The molecule has 3 heteroatoms. The fraction of sp³-hybridized carbons (Fsp3) is 0.875. The monoisotopic (exact) mass is 159 g/mol. The maximum absolute atomic E-state index is 10.7. The number of carbonyl (C=O) groups is 1. The van der Waals surface area contributed by atoms with Crippen LogP contribution in [0.15, 0.2) is 0 Å². The second-order valence-electron chi connectivity index (χ2n) is 3.85. The predicted octanol–water partition coefficient (Wildman–Crippen LogP) is -0.389. The number of carboxylic acids is 1. The highest BCUT2D eigenvalue weighted by Gasteiger charge is 2.36. The van der Waals surface area contributed by atoms with Crippen molar-refractivity contribution in [2.45, 2.75) is 26.3 Å². The average Bonchev–Trinajstić information content (AvgIpc) is 1.87. The summed E-state index contributed by atoms with van der Waals surface area (Å²) in [6, 6.07) is 0. The summed E-state index contributed by atoms with van der Waals surface area (Å²) in [4.78, 5) is 10.7. The zero-order chi connectivity index (χ0) is 9.28. The molecule has 0 N–H and O–H groups in total. The number of aliphatic carboxylic acids is 1. The summed E-state index contributed by atoms with van der Waals surface area (Å²) >= 11 is 0. The Kier molecular flexibility index (Phi) is 2.67. The third-order valence-corrected chi connectivity index (χ3v) is 2.80. The van der Waals surface area contributed by atoms with Crippen LogP contribution in [0.2, 0.25) is 0 Å². The number of likely N-dealkylation sites (N-methyl/N-ethyl adjacent to an activating group) is 1. The molecule has 0 aliphatic rings. The Morgan fingerprint density at radius 1 is 1.45 bits per heavy atom. The second kappa shape index (κ2) is 2.81. The summed E-state index contributed by atoms with van der Waals surface area (Å²) in [5.41, 5.74) is -0.811. The van der Waals surface area contributed by atoms with Crippen molar-refractivity contribution in [1.82, 2.24) is 0 Å². The van der Waals surface area contributed by atoms with Crippen LogP contribution in [0.5, 0.6) is 0 Å². The fourth-order valence-electron chi connectivity index (χ4n) is 0.642. The molecule has 0 aromatic carbocycles. The molecule has 0 saturated carbocycles. The molecule has 3 nitrogen and oxygen atoms in total. The average molecular weight is 159 g/mol. The summed E-state index contributed by atoms with van der Waals surface area (Å²) in [7, 11) is 3.77. The van der Waals surface area contributed by atoms with Crippen molar-refractivity contribution < 1.29 is 14.4 Å². The van der Waals surface area contributed by atoms with E-state index >= 15 is 0 Å². The number of hydrogen-bond donors (Lipinski definition) is 0. The van der Waals surface area contributed by atoms with E-state index in [1.165, 1.54) is 0 Å². The van der Waals surface area contributed by atoms with Gasteiger partial charge in [-0.3, -0.25) is 0 Å². The summed E-state index contributed by atoms with van der Waals surface area (Å²) in [6.45, 7) is 6.11. The number of carboxylic acid groups (broad SMARTS) is 1. The van der Waals surface area contributed by atoms with Gasteiger partial charge in [-0.1, -0.05) is 0 Å². The van der Waals surface area contributed by atoms with Crippen LogP contribution in [0, 0.1) is 0 Å². The van der Waals surface area contributed by atoms with Crippen molar-refractivity contribution >= 4 is 5.97 Å². The molecular formula is C8H17NO2. The second-order valence-corrected chi connectivity index (χ2v) is 3.85. The molecule has 0 aromatic heterocycles. The third-order valence-electron chi connectivity index (χ3n) is 2.80. The minimum absolute atomic E-state index is 0.440. The largest absolute Gasteiger partial charge is 0.544 e. The standard InChI is InChI=1S/C8H17NO2/c1-6-9(4,5)8(2,3)7(10)11/h6H2,1-5H3. The lowest BCUT2D eigenvalue weighted by atomic mass is 10.0. The first-order chi connectivity index (χ1) is 4.75. The van der Waals surface area contributed by atoms with Gasteiger partial charge in [0.25, 0.3) is 0 Å². The summed E-state index contributed by atoms with van der Waals surface area (Å²) in [6.07, 6.45) is 0. The Morgan fingerprint density at radius 3 is 1.91 bits per heavy atom. The molecule has 0 aliphatic carbocycles. The summed E-state index contributed by atoms with van der Waals surface area (Å²) in [5.74, 6) is -0.996. The molecule has 0 saturated heterocycles. The predicted molar refractivity (Wildman–Crippen MR) is 41.7 cm³/mol. The first-order valence-electron chi connectivity index (χ1n) is 3.80. The summed E-state index contributed by atoms with van der Waals surface area (Å²) < 4.78 is 0.440. The van der Waals surface area contributed by atoms with E-state index in [9.17, 15) is 9.90 Å². The van der Waals surface area contributed by atoms with Gasteiger partial charge >= 0.3 is 0 Å². The van der Waals surface area contributed by atoms with Crippen LogP contribution in [-0.2, 0) is 4.79 Å². The van der Waals surface area contributed by atoms with Gasteiger partial charge in [0, 0.05) is 0 Å². The van der Waals surface area contributed by atoms with Crippen LogP contribution in [0.3, 0.4) is 0 Å². The molecule has 0 amide bonds. The van der Waals surface area contributed by atoms with Gasteiger partial charge in [-0.15, -0.1) is 0 Å². The van der Waals surface area contributed by atoms with E-state index in [0.29, 0.717) is 4.48 Å². The maximum Gasteiger partial charge on any atom is 0.133 e. The van der Waals surface area contributed by atoms with Crippen LogP contribution in [0.1, 0.15) is 20.8 Å². The normalized spacial score (nSPS) is 13.2. The zero-order valence-electron chi connectivity index (χ0n) is 7.97. The van der Waals surface area contributed by atoms with Gasteiger partial charge < -0.3 is 14.4 Å². The maximum atomic E-state index is 10.7. The zero-order valence-corrected chi connectivity index (χ0v) is 7.97. The van der Waals surface area contributed by atoms with Gasteiger partial charge in [-0.2, -0.15) is 0 Å². The third kappa shape index (κ3) is 1.71. The Hall–Kier alpha value is -0.570. The van der Waals surface area contributed by atoms with Crippen LogP contribution in [0.25, 0.3) is 0 Å². The summed E-state index contributed by atoms with van der Waals surface area (Å²) in [5, 5.41) is 10.7. The minimum atomic E-state index is -0.996. The molecule has 0 bridgehead atoms. The van der Waals surface area contributed by atoms with E-state index in [4.69, 9.17) is 0 Å². The van der Waals surface area contributed by atoms with Crippen LogP contribution >= 0.6 is 0 Å². The van der Waals surface area contributed by atoms with Gasteiger partial charge in [0.05, 0.1) is 20.6 Å². The van der Waals surface area contributed by atoms with Crippen molar-refractivity contribution in [1.29, 1.82) is 0 Å². The quantitative estimate of drug-likeness (QED) is 0.526.